The first-order valence-corrected chi connectivity index (χ1v) is 8.77. The van der Waals surface area contributed by atoms with Crippen LogP contribution in [-0.4, -0.2) is 15.7 Å². The van der Waals surface area contributed by atoms with Gasteiger partial charge in [-0.1, -0.05) is 38.0 Å². The van der Waals surface area contributed by atoms with Crippen LogP contribution in [0.2, 0.25) is 0 Å². The van der Waals surface area contributed by atoms with Crippen molar-refractivity contribution in [3.05, 3.63) is 70.1 Å². The first-order valence-electron chi connectivity index (χ1n) is 8.77. The van der Waals surface area contributed by atoms with E-state index in [0.717, 1.165) is 31.4 Å². The van der Waals surface area contributed by atoms with E-state index in [1.165, 1.54) is 4.68 Å². The molecule has 1 amide bonds. The van der Waals surface area contributed by atoms with E-state index < -0.39 is 17.5 Å². The van der Waals surface area contributed by atoms with Crippen molar-refractivity contribution in [2.45, 2.75) is 32.7 Å². The van der Waals surface area contributed by atoms with Gasteiger partial charge in [0.1, 0.15) is 11.6 Å². The SMILES string of the molecule is CCCCCn1nc(C(=O)Nc2ccc(F)cc2F)c2ccccc2c1=O. The zero-order valence-electron chi connectivity index (χ0n) is 14.8. The minimum absolute atomic E-state index is 0.0189. The summed E-state index contributed by atoms with van der Waals surface area (Å²) >= 11 is 0. The third-order valence-corrected chi connectivity index (χ3v) is 4.24. The van der Waals surface area contributed by atoms with Gasteiger partial charge in [-0.15, -0.1) is 0 Å². The average molecular weight is 371 g/mol. The first kappa shape index (κ1) is 18.7. The summed E-state index contributed by atoms with van der Waals surface area (Å²) in [5.74, 6) is -2.29. The molecule has 2 aromatic carbocycles. The number of halogens is 2. The van der Waals surface area contributed by atoms with Gasteiger partial charge in [0.2, 0.25) is 0 Å². The molecule has 0 spiro atoms. The van der Waals surface area contributed by atoms with E-state index in [1.54, 1.807) is 24.3 Å². The highest BCUT2D eigenvalue weighted by Gasteiger charge is 2.18. The van der Waals surface area contributed by atoms with Crippen molar-refractivity contribution in [3.8, 4) is 0 Å². The molecular formula is C20H19F2N3O2. The van der Waals surface area contributed by atoms with Crippen LogP contribution in [0.5, 0.6) is 0 Å². The molecule has 0 saturated carbocycles. The summed E-state index contributed by atoms with van der Waals surface area (Å²) < 4.78 is 28.2. The van der Waals surface area contributed by atoms with Gasteiger partial charge in [0.25, 0.3) is 11.5 Å². The monoisotopic (exact) mass is 371 g/mol. The standard InChI is InChI=1S/C20H19F2N3O2/c1-2-3-6-11-25-20(27)15-8-5-4-7-14(15)18(24-25)19(26)23-17-10-9-13(21)12-16(17)22/h4-5,7-10,12H,2-3,6,11H2,1H3,(H,23,26). The molecule has 0 atom stereocenters. The van der Waals surface area contributed by atoms with Crippen molar-refractivity contribution >= 4 is 22.4 Å². The van der Waals surface area contributed by atoms with Crippen LogP contribution >= 0.6 is 0 Å². The maximum atomic E-state index is 13.9. The van der Waals surface area contributed by atoms with Gasteiger partial charge in [-0.25, -0.2) is 13.5 Å². The predicted octanol–water partition coefficient (Wildman–Crippen LogP) is 4.12. The van der Waals surface area contributed by atoms with Gasteiger partial charge in [0, 0.05) is 18.0 Å². The molecule has 0 aliphatic rings. The highest BCUT2D eigenvalue weighted by molar-refractivity contribution is 6.11. The number of benzene rings is 2. The number of nitrogens with zero attached hydrogens (tertiary/aromatic N) is 2. The number of carbonyl (C=O) groups is 1. The second-order valence-electron chi connectivity index (χ2n) is 6.21. The first-order chi connectivity index (χ1) is 13.0. The second-order valence-corrected chi connectivity index (χ2v) is 6.21. The highest BCUT2D eigenvalue weighted by atomic mass is 19.1. The molecule has 1 aromatic heterocycles. The van der Waals surface area contributed by atoms with E-state index >= 15 is 0 Å². The van der Waals surface area contributed by atoms with E-state index in [-0.39, 0.29) is 16.9 Å². The van der Waals surface area contributed by atoms with E-state index in [1.807, 2.05) is 6.92 Å². The molecule has 0 unspecified atom stereocenters. The molecule has 140 valence electrons. The third-order valence-electron chi connectivity index (χ3n) is 4.24. The summed E-state index contributed by atoms with van der Waals surface area (Å²) in [4.78, 5) is 25.3. The summed E-state index contributed by atoms with van der Waals surface area (Å²) in [5.41, 5.74) is -0.410. The molecular weight excluding hydrogens is 352 g/mol. The number of hydrogen-bond donors (Lipinski definition) is 1. The lowest BCUT2D eigenvalue weighted by molar-refractivity contribution is 0.102. The van der Waals surface area contributed by atoms with Gasteiger partial charge in [0.05, 0.1) is 11.1 Å². The Kier molecular flexibility index (Phi) is 5.59. The molecule has 0 fully saturated rings. The molecule has 0 aliphatic heterocycles. The summed E-state index contributed by atoms with van der Waals surface area (Å²) in [6.45, 7) is 2.44. The van der Waals surface area contributed by atoms with Crippen LogP contribution in [0.4, 0.5) is 14.5 Å². The Bertz CT molecular complexity index is 1050. The number of hydrogen-bond acceptors (Lipinski definition) is 3. The zero-order valence-corrected chi connectivity index (χ0v) is 14.8. The number of amides is 1. The van der Waals surface area contributed by atoms with Gasteiger partial charge < -0.3 is 5.32 Å². The van der Waals surface area contributed by atoms with Crippen LogP contribution in [0.3, 0.4) is 0 Å². The zero-order chi connectivity index (χ0) is 19.4. The quantitative estimate of drug-likeness (QED) is 0.663. The minimum atomic E-state index is -0.885. The number of nitrogens with one attached hydrogen (secondary N) is 1. The normalized spacial score (nSPS) is 10.9. The Morgan fingerprint density at radius 2 is 1.85 bits per heavy atom. The molecule has 1 heterocycles. The van der Waals surface area contributed by atoms with Crippen LogP contribution in [0.15, 0.2) is 47.3 Å². The molecule has 0 saturated heterocycles. The van der Waals surface area contributed by atoms with Crippen molar-refractivity contribution in [1.82, 2.24) is 9.78 Å². The Labute approximate surface area is 154 Å². The van der Waals surface area contributed by atoms with E-state index in [0.29, 0.717) is 23.4 Å². The fourth-order valence-electron chi connectivity index (χ4n) is 2.84. The van der Waals surface area contributed by atoms with Gasteiger partial charge >= 0.3 is 0 Å². The fraction of sp³-hybridized carbons (Fsp3) is 0.250. The predicted molar refractivity (Wildman–Crippen MR) is 99.8 cm³/mol. The molecule has 0 bridgehead atoms. The van der Waals surface area contributed by atoms with Crippen LogP contribution in [-0.2, 0) is 6.54 Å². The Balaban J connectivity index is 2.02. The molecule has 0 radical (unpaired) electrons. The van der Waals surface area contributed by atoms with Crippen LogP contribution in [0, 0.1) is 11.6 Å². The van der Waals surface area contributed by atoms with Crippen molar-refractivity contribution < 1.29 is 13.6 Å². The van der Waals surface area contributed by atoms with Gasteiger partial charge in [-0.2, -0.15) is 5.10 Å². The summed E-state index contributed by atoms with van der Waals surface area (Å²) in [7, 11) is 0. The number of unbranched alkanes of at least 4 members (excludes halogenated alkanes) is 2. The van der Waals surface area contributed by atoms with Crippen molar-refractivity contribution in [3.63, 3.8) is 0 Å². The van der Waals surface area contributed by atoms with Crippen LogP contribution < -0.4 is 10.9 Å². The number of rotatable bonds is 6. The average Bonchev–Trinajstić information content (AvgIpc) is 2.66. The maximum absolute atomic E-state index is 13.9. The molecule has 0 aliphatic carbocycles. The second kappa shape index (κ2) is 8.07. The molecule has 3 aromatic rings. The molecule has 7 heteroatoms. The van der Waals surface area contributed by atoms with Crippen molar-refractivity contribution in [2.75, 3.05) is 5.32 Å². The Morgan fingerprint density at radius 3 is 2.56 bits per heavy atom. The van der Waals surface area contributed by atoms with E-state index in [2.05, 4.69) is 10.4 Å². The molecule has 3 rings (SSSR count). The lowest BCUT2D eigenvalue weighted by Gasteiger charge is -2.11. The van der Waals surface area contributed by atoms with Crippen LogP contribution in [0.25, 0.3) is 10.8 Å². The van der Waals surface area contributed by atoms with Crippen molar-refractivity contribution in [2.24, 2.45) is 0 Å². The number of aryl methyl sites for hydroxylation is 1. The Hall–Kier alpha value is -3.09. The molecule has 5 nitrogen and oxygen atoms in total. The van der Waals surface area contributed by atoms with E-state index in [9.17, 15) is 18.4 Å². The molecule has 27 heavy (non-hydrogen) atoms. The summed E-state index contributed by atoms with van der Waals surface area (Å²) in [5, 5.41) is 7.37. The van der Waals surface area contributed by atoms with Gasteiger partial charge in [-0.05, 0) is 24.6 Å². The number of aromatic nitrogens is 2. The summed E-state index contributed by atoms with van der Waals surface area (Å²) in [6, 6.07) is 9.54. The molecule has 1 N–H and O–H groups in total. The van der Waals surface area contributed by atoms with Crippen LogP contribution in [0.1, 0.15) is 36.7 Å². The largest absolute Gasteiger partial charge is 0.318 e. The smallest absolute Gasteiger partial charge is 0.276 e. The lowest BCUT2D eigenvalue weighted by atomic mass is 10.1. The Morgan fingerprint density at radius 1 is 1.11 bits per heavy atom. The number of anilines is 1. The topological polar surface area (TPSA) is 64.0 Å². The van der Waals surface area contributed by atoms with Crippen molar-refractivity contribution in [1.29, 1.82) is 0 Å². The maximum Gasteiger partial charge on any atom is 0.276 e. The lowest BCUT2D eigenvalue weighted by Crippen LogP contribution is -2.28. The fourth-order valence-corrected chi connectivity index (χ4v) is 2.84. The third kappa shape index (κ3) is 4.02. The highest BCUT2D eigenvalue weighted by Crippen LogP contribution is 2.18. The minimum Gasteiger partial charge on any atom is -0.318 e. The summed E-state index contributed by atoms with van der Waals surface area (Å²) in [6.07, 6.45) is 2.68. The van der Waals surface area contributed by atoms with E-state index in [4.69, 9.17) is 0 Å². The number of fused-ring (bicyclic) bond motifs is 1. The van der Waals surface area contributed by atoms with Gasteiger partial charge in [0.15, 0.2) is 5.69 Å². The van der Waals surface area contributed by atoms with Gasteiger partial charge in [-0.3, -0.25) is 9.59 Å². The number of carbonyl (C=O) groups excluding carboxylic acids is 1.